The molecule has 1 aromatic rings. The van der Waals surface area contributed by atoms with E-state index in [-0.39, 0.29) is 6.61 Å². The van der Waals surface area contributed by atoms with E-state index in [1.54, 1.807) is 12.1 Å². The Kier molecular flexibility index (Phi) is 3.93. The molecule has 0 amide bonds. The van der Waals surface area contributed by atoms with Crippen molar-refractivity contribution in [2.45, 2.75) is 6.54 Å². The van der Waals surface area contributed by atoms with Crippen molar-refractivity contribution in [3.63, 3.8) is 0 Å². The van der Waals surface area contributed by atoms with Gasteiger partial charge in [-0.05, 0) is 12.1 Å². The predicted octanol–water partition coefficient (Wildman–Crippen LogP) is 0.212. The molecule has 5 heteroatoms. The lowest BCUT2D eigenvalue weighted by Gasteiger charge is -2.00. The molecule has 0 fully saturated rings. The molecule has 0 aliphatic heterocycles. The molecule has 0 aliphatic rings. The third kappa shape index (κ3) is 3.13. The summed E-state index contributed by atoms with van der Waals surface area (Å²) in [4.78, 5) is 0. The third-order valence-corrected chi connectivity index (χ3v) is 1.48. The van der Waals surface area contributed by atoms with Crippen molar-refractivity contribution in [2.75, 3.05) is 13.2 Å². The molecule has 0 aromatic carbocycles. The summed E-state index contributed by atoms with van der Waals surface area (Å²) in [5.41, 5.74) is 0.813. The number of nitrogens with zero attached hydrogens (tertiary/aromatic N) is 2. The summed E-state index contributed by atoms with van der Waals surface area (Å²) in [6.07, 6.45) is 0. The summed E-state index contributed by atoms with van der Waals surface area (Å²) >= 11 is 5.54. The number of aliphatic hydroxyl groups is 1. The zero-order valence-corrected chi connectivity index (χ0v) is 7.25. The number of hydrogen-bond donors (Lipinski definition) is 2. The quantitative estimate of drug-likeness (QED) is 0.662. The minimum atomic E-state index is 0.126. The molecule has 0 spiro atoms. The second-order valence-corrected chi connectivity index (χ2v) is 2.64. The average molecular weight is 188 g/mol. The minimum absolute atomic E-state index is 0.126. The first kappa shape index (κ1) is 9.38. The second-order valence-electron chi connectivity index (χ2n) is 2.25. The topological polar surface area (TPSA) is 58.0 Å². The summed E-state index contributed by atoms with van der Waals surface area (Å²) in [6.45, 7) is 1.29. The van der Waals surface area contributed by atoms with E-state index in [1.807, 2.05) is 0 Å². The summed E-state index contributed by atoms with van der Waals surface area (Å²) in [5.74, 6) is 0. The van der Waals surface area contributed by atoms with Crippen LogP contribution in [0.3, 0.4) is 0 Å². The van der Waals surface area contributed by atoms with Gasteiger partial charge in [0.1, 0.15) is 0 Å². The van der Waals surface area contributed by atoms with Gasteiger partial charge in [-0.15, -0.1) is 5.10 Å². The fraction of sp³-hybridized carbons (Fsp3) is 0.429. The maximum atomic E-state index is 8.47. The minimum Gasteiger partial charge on any atom is -0.395 e. The van der Waals surface area contributed by atoms with Crippen LogP contribution < -0.4 is 5.32 Å². The molecular weight excluding hydrogens is 178 g/mol. The van der Waals surface area contributed by atoms with Crippen molar-refractivity contribution in [1.82, 2.24) is 15.5 Å². The van der Waals surface area contributed by atoms with Crippen LogP contribution in [0.5, 0.6) is 0 Å². The van der Waals surface area contributed by atoms with Crippen molar-refractivity contribution in [3.05, 3.63) is 23.0 Å². The van der Waals surface area contributed by atoms with Crippen LogP contribution in [0.2, 0.25) is 5.15 Å². The van der Waals surface area contributed by atoms with Crippen molar-refractivity contribution < 1.29 is 5.11 Å². The molecular formula is C7H10ClN3O. The molecule has 2 N–H and O–H groups in total. The van der Waals surface area contributed by atoms with Gasteiger partial charge in [-0.25, -0.2) is 0 Å². The number of hydrogen-bond acceptors (Lipinski definition) is 4. The van der Waals surface area contributed by atoms with Gasteiger partial charge in [0.25, 0.3) is 0 Å². The fourth-order valence-corrected chi connectivity index (χ4v) is 0.834. The Morgan fingerprint density at radius 1 is 1.42 bits per heavy atom. The van der Waals surface area contributed by atoms with Crippen molar-refractivity contribution in [2.24, 2.45) is 0 Å². The van der Waals surface area contributed by atoms with Gasteiger partial charge >= 0.3 is 0 Å². The molecule has 0 saturated carbocycles. The summed E-state index contributed by atoms with van der Waals surface area (Å²) in [7, 11) is 0. The van der Waals surface area contributed by atoms with Crippen LogP contribution in [0.15, 0.2) is 12.1 Å². The maximum Gasteiger partial charge on any atom is 0.151 e. The van der Waals surface area contributed by atoms with Crippen LogP contribution in [0, 0.1) is 0 Å². The SMILES string of the molecule is OCCNCc1ccc(Cl)nn1. The van der Waals surface area contributed by atoms with E-state index < -0.39 is 0 Å². The Labute approximate surface area is 75.6 Å². The largest absolute Gasteiger partial charge is 0.395 e. The molecule has 4 nitrogen and oxygen atoms in total. The highest BCUT2D eigenvalue weighted by molar-refractivity contribution is 6.29. The molecule has 1 heterocycles. The smallest absolute Gasteiger partial charge is 0.151 e. The van der Waals surface area contributed by atoms with E-state index in [9.17, 15) is 0 Å². The van der Waals surface area contributed by atoms with Crippen LogP contribution in [0.1, 0.15) is 5.69 Å². The van der Waals surface area contributed by atoms with Crippen molar-refractivity contribution in [1.29, 1.82) is 0 Å². The zero-order valence-electron chi connectivity index (χ0n) is 6.50. The maximum absolute atomic E-state index is 8.47. The molecule has 0 atom stereocenters. The van der Waals surface area contributed by atoms with Crippen molar-refractivity contribution in [3.8, 4) is 0 Å². The molecule has 0 bridgehead atoms. The highest BCUT2D eigenvalue weighted by Crippen LogP contribution is 2.01. The molecule has 1 rings (SSSR count). The van der Waals surface area contributed by atoms with Gasteiger partial charge in [-0.2, -0.15) is 5.10 Å². The van der Waals surface area contributed by atoms with Gasteiger partial charge in [-0.3, -0.25) is 0 Å². The molecule has 66 valence electrons. The first-order valence-electron chi connectivity index (χ1n) is 3.62. The first-order valence-corrected chi connectivity index (χ1v) is 4.00. The van der Waals surface area contributed by atoms with Gasteiger partial charge in [0.05, 0.1) is 12.3 Å². The number of nitrogens with one attached hydrogen (secondary N) is 1. The van der Waals surface area contributed by atoms with Gasteiger partial charge in [-0.1, -0.05) is 11.6 Å². The van der Waals surface area contributed by atoms with Crippen LogP contribution in [0.25, 0.3) is 0 Å². The predicted molar refractivity (Wildman–Crippen MR) is 45.8 cm³/mol. The Hall–Kier alpha value is -0.710. The standard InChI is InChI=1S/C7H10ClN3O/c8-7-2-1-6(10-11-7)5-9-3-4-12/h1-2,9,12H,3-5H2. The van der Waals surface area contributed by atoms with E-state index in [0.29, 0.717) is 18.2 Å². The summed E-state index contributed by atoms with van der Waals surface area (Å²) < 4.78 is 0. The van der Waals surface area contributed by atoms with Gasteiger partial charge in [0.15, 0.2) is 5.15 Å². The molecule has 12 heavy (non-hydrogen) atoms. The van der Waals surface area contributed by atoms with E-state index in [0.717, 1.165) is 5.69 Å². The zero-order chi connectivity index (χ0) is 8.81. The van der Waals surface area contributed by atoms with E-state index in [2.05, 4.69) is 15.5 Å². The number of aromatic nitrogens is 2. The lowest BCUT2D eigenvalue weighted by atomic mass is 10.4. The number of rotatable bonds is 4. The lowest BCUT2D eigenvalue weighted by molar-refractivity contribution is 0.291. The van der Waals surface area contributed by atoms with Gasteiger partial charge in [0, 0.05) is 13.1 Å². The second kappa shape index (κ2) is 5.03. The van der Waals surface area contributed by atoms with Gasteiger partial charge in [0.2, 0.25) is 0 Å². The van der Waals surface area contributed by atoms with Gasteiger partial charge < -0.3 is 10.4 Å². The molecule has 0 aliphatic carbocycles. The van der Waals surface area contributed by atoms with Crippen LogP contribution in [-0.2, 0) is 6.54 Å². The van der Waals surface area contributed by atoms with E-state index in [1.165, 1.54) is 0 Å². The molecule has 0 unspecified atom stereocenters. The van der Waals surface area contributed by atoms with E-state index in [4.69, 9.17) is 16.7 Å². The number of halogens is 1. The highest BCUT2D eigenvalue weighted by atomic mass is 35.5. The molecule has 0 saturated heterocycles. The van der Waals surface area contributed by atoms with Crippen LogP contribution in [-0.4, -0.2) is 28.5 Å². The van der Waals surface area contributed by atoms with Crippen LogP contribution in [0.4, 0.5) is 0 Å². The van der Waals surface area contributed by atoms with E-state index >= 15 is 0 Å². The monoisotopic (exact) mass is 187 g/mol. The Bertz CT molecular complexity index is 227. The molecule has 1 aromatic heterocycles. The van der Waals surface area contributed by atoms with Crippen molar-refractivity contribution >= 4 is 11.6 Å². The lowest BCUT2D eigenvalue weighted by Crippen LogP contribution is -2.18. The average Bonchev–Trinajstić information content (AvgIpc) is 2.09. The Balaban J connectivity index is 2.37. The Morgan fingerprint density at radius 2 is 2.25 bits per heavy atom. The number of aliphatic hydroxyl groups excluding tert-OH is 1. The van der Waals surface area contributed by atoms with Crippen LogP contribution >= 0.6 is 11.6 Å². The fourth-order valence-electron chi connectivity index (χ4n) is 0.733. The molecule has 0 radical (unpaired) electrons. The Morgan fingerprint density at radius 3 is 2.83 bits per heavy atom. The highest BCUT2D eigenvalue weighted by Gasteiger charge is 1.94. The normalized spacial score (nSPS) is 10.2. The summed E-state index contributed by atoms with van der Waals surface area (Å²) in [5, 5.41) is 19.3. The third-order valence-electron chi connectivity index (χ3n) is 1.28. The summed E-state index contributed by atoms with van der Waals surface area (Å²) in [6, 6.07) is 3.48. The first-order chi connectivity index (χ1) is 5.83.